The van der Waals surface area contributed by atoms with Gasteiger partial charge in [-0.05, 0) is 59.9 Å². The Labute approximate surface area is 202 Å². The highest BCUT2D eigenvalue weighted by Gasteiger charge is 2.33. The number of ether oxygens (including phenoxy) is 1. The van der Waals surface area contributed by atoms with Crippen molar-refractivity contribution in [3.63, 3.8) is 0 Å². The van der Waals surface area contributed by atoms with Gasteiger partial charge in [0.05, 0.1) is 19.7 Å². The van der Waals surface area contributed by atoms with E-state index in [2.05, 4.69) is 21.2 Å². The summed E-state index contributed by atoms with van der Waals surface area (Å²) >= 11 is 3.53. The van der Waals surface area contributed by atoms with E-state index >= 15 is 0 Å². The van der Waals surface area contributed by atoms with Crippen molar-refractivity contribution in [3.8, 4) is 5.75 Å². The molecule has 33 heavy (non-hydrogen) atoms. The molecule has 7 heteroatoms. The number of fused-ring (bicyclic) bond motifs is 2. The lowest BCUT2D eigenvalue weighted by molar-refractivity contribution is -0.128. The minimum absolute atomic E-state index is 0.146. The Morgan fingerprint density at radius 3 is 2.79 bits per heavy atom. The summed E-state index contributed by atoms with van der Waals surface area (Å²) in [5, 5.41) is 4.96. The van der Waals surface area contributed by atoms with Gasteiger partial charge in [0, 0.05) is 15.7 Å². The molecular formula is C26H28BrN3O3. The molecule has 1 heterocycles. The lowest BCUT2D eigenvalue weighted by Crippen LogP contribution is -2.52. The lowest BCUT2D eigenvalue weighted by Gasteiger charge is -2.28. The molecule has 0 saturated carbocycles. The molecule has 0 fully saturated rings. The summed E-state index contributed by atoms with van der Waals surface area (Å²) in [5.74, 6) is 0.273. The Kier molecular flexibility index (Phi) is 7.00. The van der Waals surface area contributed by atoms with Crippen LogP contribution in [0.1, 0.15) is 30.9 Å². The Morgan fingerprint density at radius 2 is 2.03 bits per heavy atom. The fourth-order valence-corrected chi connectivity index (χ4v) is 4.71. The third-order valence-corrected chi connectivity index (χ3v) is 6.72. The highest BCUT2D eigenvalue weighted by atomic mass is 79.9. The van der Waals surface area contributed by atoms with Crippen molar-refractivity contribution >= 4 is 44.2 Å². The van der Waals surface area contributed by atoms with E-state index in [1.165, 1.54) is 0 Å². The molecule has 0 radical (unpaired) electrons. The Hall–Kier alpha value is -2.90. The molecule has 2 atom stereocenters. The molecule has 6 nitrogen and oxygen atoms in total. The molecule has 172 valence electrons. The number of amides is 2. The van der Waals surface area contributed by atoms with Crippen LogP contribution in [0.15, 0.2) is 59.1 Å². The Balaban J connectivity index is 1.77. The van der Waals surface area contributed by atoms with Crippen LogP contribution in [0.25, 0.3) is 10.8 Å². The Morgan fingerprint density at radius 1 is 1.24 bits per heavy atom. The summed E-state index contributed by atoms with van der Waals surface area (Å²) in [7, 11) is 1.64. The normalized spacial score (nSPS) is 16.8. The van der Waals surface area contributed by atoms with Gasteiger partial charge < -0.3 is 20.7 Å². The van der Waals surface area contributed by atoms with Crippen molar-refractivity contribution in [2.45, 2.75) is 44.8 Å². The molecule has 0 bridgehead atoms. The molecule has 4 rings (SSSR count). The van der Waals surface area contributed by atoms with Crippen LogP contribution in [-0.2, 0) is 22.6 Å². The number of methoxy groups -OCH3 is 1. The Bertz CT molecular complexity index is 1200. The number of aryl methyl sites for hydroxylation is 1. The number of para-hydroxylation sites is 1. The SMILES string of the molecule is CCC(N)C(=O)NC1CCc2ccccc2N(Cc2c(OC)ccc3cc(Br)ccc23)C1=O. The monoisotopic (exact) mass is 509 g/mol. The highest BCUT2D eigenvalue weighted by molar-refractivity contribution is 9.10. The van der Waals surface area contributed by atoms with E-state index in [0.29, 0.717) is 31.6 Å². The minimum atomic E-state index is -0.641. The molecule has 0 spiro atoms. The van der Waals surface area contributed by atoms with Gasteiger partial charge in [-0.15, -0.1) is 0 Å². The van der Waals surface area contributed by atoms with Gasteiger partial charge in [0.15, 0.2) is 0 Å². The van der Waals surface area contributed by atoms with E-state index in [1.54, 1.807) is 12.0 Å². The molecular weight excluding hydrogens is 482 g/mol. The maximum atomic E-state index is 13.8. The number of anilines is 1. The molecule has 2 unspecified atom stereocenters. The zero-order valence-corrected chi connectivity index (χ0v) is 20.4. The number of nitrogens with two attached hydrogens (primary N) is 1. The van der Waals surface area contributed by atoms with Crippen molar-refractivity contribution in [3.05, 3.63) is 70.2 Å². The van der Waals surface area contributed by atoms with Gasteiger partial charge in [-0.2, -0.15) is 0 Å². The van der Waals surface area contributed by atoms with Crippen LogP contribution >= 0.6 is 15.9 Å². The summed E-state index contributed by atoms with van der Waals surface area (Å²) < 4.78 is 6.66. The first kappa shape index (κ1) is 23.3. The molecule has 0 aliphatic carbocycles. The summed E-state index contributed by atoms with van der Waals surface area (Å²) in [6, 6.07) is 16.6. The van der Waals surface area contributed by atoms with Crippen molar-refractivity contribution in [1.29, 1.82) is 0 Å². The van der Waals surface area contributed by atoms with E-state index in [4.69, 9.17) is 10.5 Å². The average Bonchev–Trinajstić information content (AvgIpc) is 2.95. The van der Waals surface area contributed by atoms with Crippen LogP contribution in [-0.4, -0.2) is 31.0 Å². The number of carbonyl (C=O) groups excluding carboxylic acids is 2. The average molecular weight is 510 g/mol. The van der Waals surface area contributed by atoms with Crippen LogP contribution < -0.4 is 20.7 Å². The summed E-state index contributed by atoms with van der Waals surface area (Å²) in [4.78, 5) is 28.1. The van der Waals surface area contributed by atoms with Crippen LogP contribution in [0.5, 0.6) is 5.75 Å². The van der Waals surface area contributed by atoms with Crippen molar-refractivity contribution in [2.75, 3.05) is 12.0 Å². The highest BCUT2D eigenvalue weighted by Crippen LogP contribution is 2.35. The van der Waals surface area contributed by atoms with Gasteiger partial charge >= 0.3 is 0 Å². The second kappa shape index (κ2) is 9.93. The van der Waals surface area contributed by atoms with Crippen LogP contribution in [0, 0.1) is 0 Å². The number of rotatable bonds is 6. The first-order chi connectivity index (χ1) is 15.9. The van der Waals surface area contributed by atoms with Crippen LogP contribution in [0.4, 0.5) is 5.69 Å². The first-order valence-corrected chi connectivity index (χ1v) is 11.9. The van der Waals surface area contributed by atoms with Gasteiger partial charge in [0.1, 0.15) is 11.8 Å². The number of halogens is 1. The maximum absolute atomic E-state index is 13.8. The molecule has 1 aliphatic heterocycles. The van der Waals surface area contributed by atoms with E-state index < -0.39 is 12.1 Å². The topological polar surface area (TPSA) is 84.7 Å². The predicted octanol–water partition coefficient (Wildman–Crippen LogP) is 4.31. The predicted molar refractivity (Wildman–Crippen MR) is 134 cm³/mol. The number of nitrogens with zero attached hydrogens (tertiary/aromatic N) is 1. The second-order valence-electron chi connectivity index (χ2n) is 8.28. The first-order valence-electron chi connectivity index (χ1n) is 11.1. The van der Waals surface area contributed by atoms with E-state index in [-0.39, 0.29) is 11.8 Å². The molecule has 0 saturated heterocycles. The van der Waals surface area contributed by atoms with Crippen molar-refractivity contribution in [2.24, 2.45) is 5.73 Å². The number of carbonyl (C=O) groups is 2. The van der Waals surface area contributed by atoms with Crippen molar-refractivity contribution < 1.29 is 14.3 Å². The number of hydrogen-bond donors (Lipinski definition) is 2. The fourth-order valence-electron chi connectivity index (χ4n) is 4.33. The molecule has 3 aromatic rings. The minimum Gasteiger partial charge on any atom is -0.496 e. The number of benzene rings is 3. The molecule has 0 aromatic heterocycles. The second-order valence-corrected chi connectivity index (χ2v) is 9.20. The largest absolute Gasteiger partial charge is 0.496 e. The molecule has 2 amide bonds. The van der Waals surface area contributed by atoms with Crippen molar-refractivity contribution in [1.82, 2.24) is 5.32 Å². The lowest BCUT2D eigenvalue weighted by atomic mass is 10.0. The van der Waals surface area contributed by atoms with Crippen LogP contribution in [0.3, 0.4) is 0 Å². The summed E-state index contributed by atoms with van der Waals surface area (Å²) in [6.07, 6.45) is 1.72. The van der Waals surface area contributed by atoms with Gasteiger partial charge in [0.25, 0.3) is 0 Å². The van der Waals surface area contributed by atoms with Gasteiger partial charge in [-0.1, -0.05) is 53.2 Å². The molecule has 3 aromatic carbocycles. The smallest absolute Gasteiger partial charge is 0.249 e. The van der Waals surface area contributed by atoms with Gasteiger partial charge in [-0.3, -0.25) is 9.59 Å². The zero-order chi connectivity index (χ0) is 23.5. The van der Waals surface area contributed by atoms with Crippen LogP contribution in [0.2, 0.25) is 0 Å². The summed E-state index contributed by atoms with van der Waals surface area (Å²) in [6.45, 7) is 2.18. The number of nitrogens with one attached hydrogen (secondary N) is 1. The summed E-state index contributed by atoms with van der Waals surface area (Å²) in [5.41, 5.74) is 8.77. The fraction of sp³-hybridized carbons (Fsp3) is 0.308. The molecule has 1 aliphatic rings. The van der Waals surface area contributed by atoms with Gasteiger partial charge in [0.2, 0.25) is 11.8 Å². The van der Waals surface area contributed by atoms with E-state index in [0.717, 1.165) is 32.1 Å². The third kappa shape index (κ3) is 4.75. The quantitative estimate of drug-likeness (QED) is 0.518. The molecule has 3 N–H and O–H groups in total. The number of hydrogen-bond acceptors (Lipinski definition) is 4. The van der Waals surface area contributed by atoms with E-state index in [9.17, 15) is 9.59 Å². The standard InChI is InChI=1S/C26H28BrN3O3/c1-3-21(28)25(31)29-22-12-8-16-6-4-5-7-23(16)30(26(22)32)15-20-19-11-10-18(27)14-17(19)9-13-24(20)33-2/h4-7,9-11,13-14,21-22H,3,8,12,15,28H2,1-2H3,(H,29,31). The zero-order valence-electron chi connectivity index (χ0n) is 18.8. The third-order valence-electron chi connectivity index (χ3n) is 6.23. The maximum Gasteiger partial charge on any atom is 0.249 e. The van der Waals surface area contributed by atoms with Gasteiger partial charge in [-0.25, -0.2) is 0 Å². The van der Waals surface area contributed by atoms with E-state index in [1.807, 2.05) is 61.5 Å².